The average molecular weight is 223 g/mol. The molecule has 0 amide bonds. The SMILES string of the molecule is CCCC(C)Oc1ncnc(NC)c1CC. The zero-order valence-corrected chi connectivity index (χ0v) is 10.6. The van der Waals surface area contributed by atoms with E-state index in [1.54, 1.807) is 6.33 Å². The van der Waals surface area contributed by atoms with Crippen LogP contribution >= 0.6 is 0 Å². The van der Waals surface area contributed by atoms with E-state index in [4.69, 9.17) is 4.74 Å². The maximum absolute atomic E-state index is 5.83. The second-order valence-electron chi connectivity index (χ2n) is 3.83. The molecule has 0 spiro atoms. The van der Waals surface area contributed by atoms with E-state index in [1.165, 1.54) is 0 Å². The summed E-state index contributed by atoms with van der Waals surface area (Å²) in [6, 6.07) is 0. The Hall–Kier alpha value is -1.32. The van der Waals surface area contributed by atoms with Crippen molar-refractivity contribution in [2.24, 2.45) is 0 Å². The van der Waals surface area contributed by atoms with Crippen LogP contribution in [-0.4, -0.2) is 23.1 Å². The van der Waals surface area contributed by atoms with Gasteiger partial charge >= 0.3 is 0 Å². The van der Waals surface area contributed by atoms with Crippen LogP contribution in [0.3, 0.4) is 0 Å². The van der Waals surface area contributed by atoms with Gasteiger partial charge in [0.1, 0.15) is 12.1 Å². The lowest BCUT2D eigenvalue weighted by Crippen LogP contribution is -2.14. The van der Waals surface area contributed by atoms with Gasteiger partial charge in [0.15, 0.2) is 0 Å². The number of nitrogens with one attached hydrogen (secondary N) is 1. The number of hydrogen-bond donors (Lipinski definition) is 1. The lowest BCUT2D eigenvalue weighted by Gasteiger charge is -2.16. The van der Waals surface area contributed by atoms with Crippen molar-refractivity contribution in [3.63, 3.8) is 0 Å². The van der Waals surface area contributed by atoms with Crippen LogP contribution in [0.4, 0.5) is 5.82 Å². The van der Waals surface area contributed by atoms with Gasteiger partial charge in [0.2, 0.25) is 5.88 Å². The van der Waals surface area contributed by atoms with Crippen molar-refractivity contribution in [1.29, 1.82) is 0 Å². The second kappa shape index (κ2) is 6.30. The number of anilines is 1. The molecule has 1 rings (SSSR count). The summed E-state index contributed by atoms with van der Waals surface area (Å²) in [7, 11) is 1.86. The van der Waals surface area contributed by atoms with Crippen LogP contribution in [-0.2, 0) is 6.42 Å². The third kappa shape index (κ3) is 3.08. The minimum absolute atomic E-state index is 0.204. The molecule has 1 unspecified atom stereocenters. The lowest BCUT2D eigenvalue weighted by molar-refractivity contribution is 0.199. The summed E-state index contributed by atoms with van der Waals surface area (Å²) in [4.78, 5) is 8.39. The zero-order chi connectivity index (χ0) is 12.0. The summed E-state index contributed by atoms with van der Waals surface area (Å²) in [6.45, 7) is 6.31. The molecule has 90 valence electrons. The molecular formula is C12H21N3O. The summed E-state index contributed by atoms with van der Waals surface area (Å²) < 4.78 is 5.83. The van der Waals surface area contributed by atoms with E-state index in [0.29, 0.717) is 5.88 Å². The quantitative estimate of drug-likeness (QED) is 0.805. The van der Waals surface area contributed by atoms with E-state index in [-0.39, 0.29) is 6.10 Å². The fraction of sp³-hybridized carbons (Fsp3) is 0.667. The molecule has 0 radical (unpaired) electrons. The van der Waals surface area contributed by atoms with Crippen molar-refractivity contribution >= 4 is 5.82 Å². The monoisotopic (exact) mass is 223 g/mol. The molecule has 1 N–H and O–H groups in total. The van der Waals surface area contributed by atoms with E-state index in [0.717, 1.165) is 30.6 Å². The van der Waals surface area contributed by atoms with Crippen LogP contribution in [0, 0.1) is 0 Å². The number of nitrogens with zero attached hydrogens (tertiary/aromatic N) is 2. The van der Waals surface area contributed by atoms with Crippen molar-refractivity contribution < 1.29 is 4.74 Å². The molecule has 4 nitrogen and oxygen atoms in total. The molecule has 0 aliphatic carbocycles. The van der Waals surface area contributed by atoms with E-state index >= 15 is 0 Å². The second-order valence-corrected chi connectivity index (χ2v) is 3.83. The molecule has 0 aromatic carbocycles. The third-order valence-corrected chi connectivity index (χ3v) is 2.50. The van der Waals surface area contributed by atoms with Gasteiger partial charge in [0.25, 0.3) is 0 Å². The standard InChI is InChI=1S/C12H21N3O/c1-5-7-9(3)16-12-10(6-2)11(13-4)14-8-15-12/h8-9H,5-7H2,1-4H3,(H,13,14,15). The maximum atomic E-state index is 5.83. The highest BCUT2D eigenvalue weighted by Crippen LogP contribution is 2.23. The van der Waals surface area contributed by atoms with Gasteiger partial charge < -0.3 is 10.1 Å². The van der Waals surface area contributed by atoms with Crippen molar-refractivity contribution in [1.82, 2.24) is 9.97 Å². The van der Waals surface area contributed by atoms with Gasteiger partial charge in [0.05, 0.1) is 11.7 Å². The molecule has 0 aliphatic heterocycles. The van der Waals surface area contributed by atoms with E-state index in [9.17, 15) is 0 Å². The van der Waals surface area contributed by atoms with Gasteiger partial charge in [-0.25, -0.2) is 9.97 Å². The van der Waals surface area contributed by atoms with Crippen LogP contribution in [0.25, 0.3) is 0 Å². The Bertz CT molecular complexity index is 328. The topological polar surface area (TPSA) is 47.0 Å². The van der Waals surface area contributed by atoms with Crippen molar-refractivity contribution in [2.45, 2.75) is 46.1 Å². The van der Waals surface area contributed by atoms with Crippen LogP contribution in [0.5, 0.6) is 5.88 Å². The summed E-state index contributed by atoms with van der Waals surface area (Å²) in [5, 5.41) is 3.06. The average Bonchev–Trinajstić information content (AvgIpc) is 2.29. The molecule has 4 heteroatoms. The summed E-state index contributed by atoms with van der Waals surface area (Å²) in [5.74, 6) is 1.57. The first kappa shape index (κ1) is 12.7. The van der Waals surface area contributed by atoms with Crippen molar-refractivity contribution in [2.75, 3.05) is 12.4 Å². The van der Waals surface area contributed by atoms with Crippen LogP contribution in [0.15, 0.2) is 6.33 Å². The van der Waals surface area contributed by atoms with Gasteiger partial charge in [-0.05, 0) is 19.8 Å². The van der Waals surface area contributed by atoms with Gasteiger partial charge in [-0.3, -0.25) is 0 Å². The van der Waals surface area contributed by atoms with Crippen molar-refractivity contribution in [3.8, 4) is 5.88 Å². The Morgan fingerprint density at radius 1 is 1.38 bits per heavy atom. The Morgan fingerprint density at radius 3 is 2.69 bits per heavy atom. The molecule has 0 saturated heterocycles. The van der Waals surface area contributed by atoms with Gasteiger partial charge in [0, 0.05) is 7.05 Å². The summed E-state index contributed by atoms with van der Waals surface area (Å²) in [5.41, 5.74) is 1.05. The summed E-state index contributed by atoms with van der Waals surface area (Å²) in [6.07, 6.45) is 4.77. The number of ether oxygens (including phenoxy) is 1. The number of hydrogen-bond acceptors (Lipinski definition) is 4. The first-order valence-electron chi connectivity index (χ1n) is 5.91. The Labute approximate surface area is 97.5 Å². The molecule has 0 fully saturated rings. The molecule has 1 aromatic heterocycles. The van der Waals surface area contributed by atoms with Crippen LogP contribution in [0.1, 0.15) is 39.2 Å². The van der Waals surface area contributed by atoms with Gasteiger partial charge in [-0.15, -0.1) is 0 Å². The lowest BCUT2D eigenvalue weighted by atomic mass is 10.2. The Kier molecular flexibility index (Phi) is 5.02. The molecule has 0 saturated carbocycles. The predicted octanol–water partition coefficient (Wildman–Crippen LogP) is 2.65. The smallest absolute Gasteiger partial charge is 0.222 e. The minimum atomic E-state index is 0.204. The Morgan fingerprint density at radius 2 is 2.12 bits per heavy atom. The highest BCUT2D eigenvalue weighted by molar-refractivity contribution is 5.48. The largest absolute Gasteiger partial charge is 0.474 e. The highest BCUT2D eigenvalue weighted by atomic mass is 16.5. The predicted molar refractivity (Wildman–Crippen MR) is 66.0 cm³/mol. The molecule has 1 aromatic rings. The first-order chi connectivity index (χ1) is 7.72. The van der Waals surface area contributed by atoms with Crippen LogP contribution < -0.4 is 10.1 Å². The fourth-order valence-corrected chi connectivity index (χ4v) is 1.69. The van der Waals surface area contributed by atoms with E-state index in [2.05, 4.69) is 36.1 Å². The molecule has 0 bridgehead atoms. The minimum Gasteiger partial charge on any atom is -0.474 e. The van der Waals surface area contributed by atoms with Gasteiger partial charge in [-0.1, -0.05) is 20.3 Å². The first-order valence-corrected chi connectivity index (χ1v) is 5.91. The number of aromatic nitrogens is 2. The van der Waals surface area contributed by atoms with Gasteiger partial charge in [-0.2, -0.15) is 0 Å². The van der Waals surface area contributed by atoms with E-state index < -0.39 is 0 Å². The fourth-order valence-electron chi connectivity index (χ4n) is 1.69. The van der Waals surface area contributed by atoms with Crippen LogP contribution in [0.2, 0.25) is 0 Å². The molecule has 16 heavy (non-hydrogen) atoms. The zero-order valence-electron chi connectivity index (χ0n) is 10.6. The number of rotatable bonds is 6. The molecule has 0 aliphatic rings. The summed E-state index contributed by atoms with van der Waals surface area (Å²) >= 11 is 0. The highest BCUT2D eigenvalue weighted by Gasteiger charge is 2.12. The third-order valence-electron chi connectivity index (χ3n) is 2.50. The molecule has 1 atom stereocenters. The normalized spacial score (nSPS) is 12.2. The van der Waals surface area contributed by atoms with E-state index in [1.807, 2.05) is 7.05 Å². The maximum Gasteiger partial charge on any atom is 0.222 e. The molecule has 1 heterocycles. The molecular weight excluding hydrogens is 202 g/mol. The van der Waals surface area contributed by atoms with Crippen molar-refractivity contribution in [3.05, 3.63) is 11.9 Å². The Balaban J connectivity index is 2.86.